The summed E-state index contributed by atoms with van der Waals surface area (Å²) in [5, 5.41) is 5.46. The van der Waals surface area contributed by atoms with E-state index in [1.165, 1.54) is 13.8 Å². The number of Topliss-reactive ketones (excluding diaryl/α,β-unsaturated/α-hetero) is 1. The van der Waals surface area contributed by atoms with E-state index in [1.807, 2.05) is 0 Å². The lowest BCUT2D eigenvalue weighted by atomic mass is 10.1. The molecule has 118 valence electrons. The van der Waals surface area contributed by atoms with Crippen LogP contribution in [0, 0.1) is 0 Å². The topological polar surface area (TPSA) is 75.3 Å². The van der Waals surface area contributed by atoms with Crippen LogP contribution < -0.4 is 10.6 Å². The first-order valence-electron chi connectivity index (χ1n) is 7.21. The van der Waals surface area contributed by atoms with Gasteiger partial charge in [0.1, 0.15) is 0 Å². The van der Waals surface area contributed by atoms with E-state index in [1.54, 1.807) is 48.5 Å². The molecule has 2 aromatic rings. The number of carbonyl (C=O) groups excluding carboxylic acids is 3. The third-order valence-electron chi connectivity index (χ3n) is 3.21. The predicted octanol–water partition coefficient (Wildman–Crippen LogP) is 3.03. The van der Waals surface area contributed by atoms with Crippen LogP contribution in [0.3, 0.4) is 0 Å². The Balaban J connectivity index is 1.93. The zero-order chi connectivity index (χ0) is 16.8. The van der Waals surface area contributed by atoms with E-state index in [0.29, 0.717) is 16.9 Å². The van der Waals surface area contributed by atoms with Gasteiger partial charge in [0.05, 0.1) is 6.42 Å². The SMILES string of the molecule is CC(=O)Nc1ccc(CC(=O)Nc2ccc(C(C)=O)cc2)cc1. The molecule has 0 spiro atoms. The zero-order valence-corrected chi connectivity index (χ0v) is 13.1. The summed E-state index contributed by atoms with van der Waals surface area (Å²) >= 11 is 0. The molecule has 5 nitrogen and oxygen atoms in total. The maximum absolute atomic E-state index is 12.0. The molecule has 0 radical (unpaired) electrons. The van der Waals surface area contributed by atoms with Crippen molar-refractivity contribution in [2.75, 3.05) is 10.6 Å². The van der Waals surface area contributed by atoms with Crippen molar-refractivity contribution in [3.8, 4) is 0 Å². The number of carbonyl (C=O) groups is 3. The molecule has 2 rings (SSSR count). The first kappa shape index (κ1) is 16.4. The predicted molar refractivity (Wildman–Crippen MR) is 89.5 cm³/mol. The van der Waals surface area contributed by atoms with Crippen molar-refractivity contribution in [1.29, 1.82) is 0 Å². The lowest BCUT2D eigenvalue weighted by Crippen LogP contribution is -2.14. The second-order valence-electron chi connectivity index (χ2n) is 5.24. The van der Waals surface area contributed by atoms with E-state index in [-0.39, 0.29) is 24.0 Å². The molecule has 5 heteroatoms. The summed E-state index contributed by atoms with van der Waals surface area (Å²) in [7, 11) is 0. The summed E-state index contributed by atoms with van der Waals surface area (Å²) in [4.78, 5) is 34.2. The Labute approximate surface area is 134 Å². The van der Waals surface area contributed by atoms with Gasteiger partial charge in [-0.25, -0.2) is 0 Å². The molecule has 0 aliphatic heterocycles. The standard InChI is InChI=1S/C18H18N2O3/c1-12(21)15-5-9-17(10-6-15)20-18(23)11-14-3-7-16(8-4-14)19-13(2)22/h3-10H,11H2,1-2H3,(H,19,22)(H,20,23). The zero-order valence-electron chi connectivity index (χ0n) is 13.1. The molecule has 0 atom stereocenters. The lowest BCUT2D eigenvalue weighted by Gasteiger charge is -2.07. The number of anilines is 2. The van der Waals surface area contributed by atoms with Crippen molar-refractivity contribution >= 4 is 29.0 Å². The number of ketones is 1. The number of hydrogen-bond acceptors (Lipinski definition) is 3. The second kappa shape index (κ2) is 7.35. The average Bonchev–Trinajstić information content (AvgIpc) is 2.49. The number of rotatable bonds is 5. The Bertz CT molecular complexity index is 719. The van der Waals surface area contributed by atoms with E-state index in [2.05, 4.69) is 10.6 Å². The molecule has 0 aliphatic carbocycles. The van der Waals surface area contributed by atoms with Crippen molar-refractivity contribution in [1.82, 2.24) is 0 Å². The number of amides is 2. The van der Waals surface area contributed by atoms with Gasteiger partial charge >= 0.3 is 0 Å². The van der Waals surface area contributed by atoms with Gasteiger partial charge in [-0.15, -0.1) is 0 Å². The van der Waals surface area contributed by atoms with Gasteiger partial charge in [-0.05, 0) is 48.9 Å². The van der Waals surface area contributed by atoms with Crippen LogP contribution >= 0.6 is 0 Å². The van der Waals surface area contributed by atoms with Gasteiger partial charge in [0.2, 0.25) is 11.8 Å². The van der Waals surface area contributed by atoms with E-state index in [4.69, 9.17) is 0 Å². The van der Waals surface area contributed by atoms with Crippen LogP contribution in [0.4, 0.5) is 11.4 Å². The number of nitrogens with one attached hydrogen (secondary N) is 2. The Morgan fingerprint density at radius 1 is 0.783 bits per heavy atom. The molecule has 2 amide bonds. The van der Waals surface area contributed by atoms with E-state index in [0.717, 1.165) is 5.56 Å². The molecular formula is C18H18N2O3. The Morgan fingerprint density at radius 2 is 1.30 bits per heavy atom. The molecule has 2 N–H and O–H groups in total. The third kappa shape index (κ3) is 5.07. The molecule has 0 saturated carbocycles. The normalized spacial score (nSPS) is 10.0. The minimum absolute atomic E-state index is 0.0119. The molecule has 23 heavy (non-hydrogen) atoms. The smallest absolute Gasteiger partial charge is 0.228 e. The highest BCUT2D eigenvalue weighted by Gasteiger charge is 2.05. The van der Waals surface area contributed by atoms with Gasteiger partial charge in [0.25, 0.3) is 0 Å². The van der Waals surface area contributed by atoms with Gasteiger partial charge in [-0.3, -0.25) is 14.4 Å². The summed E-state index contributed by atoms with van der Waals surface area (Å²) in [6, 6.07) is 13.9. The van der Waals surface area contributed by atoms with Crippen LogP contribution in [-0.2, 0) is 16.0 Å². The van der Waals surface area contributed by atoms with Crippen LogP contribution in [0.15, 0.2) is 48.5 Å². The highest BCUT2D eigenvalue weighted by Crippen LogP contribution is 2.13. The second-order valence-corrected chi connectivity index (χ2v) is 5.24. The first-order valence-corrected chi connectivity index (χ1v) is 7.21. The Hall–Kier alpha value is -2.95. The minimum Gasteiger partial charge on any atom is -0.326 e. The maximum Gasteiger partial charge on any atom is 0.228 e. The van der Waals surface area contributed by atoms with Crippen LogP contribution in [0.1, 0.15) is 29.8 Å². The van der Waals surface area contributed by atoms with Crippen LogP contribution in [-0.4, -0.2) is 17.6 Å². The molecule has 0 bridgehead atoms. The van der Waals surface area contributed by atoms with Crippen LogP contribution in [0.5, 0.6) is 0 Å². The summed E-state index contributed by atoms with van der Waals surface area (Å²) in [5.41, 5.74) is 2.80. The van der Waals surface area contributed by atoms with Crippen molar-refractivity contribution in [2.45, 2.75) is 20.3 Å². The van der Waals surface area contributed by atoms with Gasteiger partial charge in [0.15, 0.2) is 5.78 Å². The molecule has 0 fully saturated rings. The van der Waals surface area contributed by atoms with Gasteiger partial charge in [-0.2, -0.15) is 0 Å². The van der Waals surface area contributed by atoms with Crippen LogP contribution in [0.25, 0.3) is 0 Å². The Kier molecular flexibility index (Phi) is 5.25. The van der Waals surface area contributed by atoms with E-state index in [9.17, 15) is 14.4 Å². The summed E-state index contributed by atoms with van der Waals surface area (Å²) in [6.07, 6.45) is 0.231. The first-order chi connectivity index (χ1) is 10.9. The number of hydrogen-bond donors (Lipinski definition) is 2. The molecule has 0 unspecified atom stereocenters. The molecule has 0 heterocycles. The molecule has 0 aromatic heterocycles. The quantitative estimate of drug-likeness (QED) is 0.834. The fourth-order valence-electron chi connectivity index (χ4n) is 2.09. The molecule has 0 aliphatic rings. The summed E-state index contributed by atoms with van der Waals surface area (Å²) in [5.74, 6) is -0.292. The largest absolute Gasteiger partial charge is 0.326 e. The van der Waals surface area contributed by atoms with Crippen molar-refractivity contribution in [3.63, 3.8) is 0 Å². The van der Waals surface area contributed by atoms with Crippen molar-refractivity contribution < 1.29 is 14.4 Å². The summed E-state index contributed by atoms with van der Waals surface area (Å²) in [6.45, 7) is 2.94. The fraction of sp³-hybridized carbons (Fsp3) is 0.167. The average molecular weight is 310 g/mol. The maximum atomic E-state index is 12.0. The number of benzene rings is 2. The summed E-state index contributed by atoms with van der Waals surface area (Å²) < 4.78 is 0. The minimum atomic E-state index is -0.146. The van der Waals surface area contributed by atoms with Crippen molar-refractivity contribution in [2.24, 2.45) is 0 Å². The van der Waals surface area contributed by atoms with E-state index < -0.39 is 0 Å². The van der Waals surface area contributed by atoms with Crippen molar-refractivity contribution in [3.05, 3.63) is 59.7 Å². The molecular weight excluding hydrogens is 292 g/mol. The van der Waals surface area contributed by atoms with Crippen LogP contribution in [0.2, 0.25) is 0 Å². The monoisotopic (exact) mass is 310 g/mol. The lowest BCUT2D eigenvalue weighted by molar-refractivity contribution is -0.116. The van der Waals surface area contributed by atoms with Gasteiger partial charge < -0.3 is 10.6 Å². The highest BCUT2D eigenvalue weighted by molar-refractivity contribution is 5.96. The third-order valence-corrected chi connectivity index (χ3v) is 3.21. The van der Waals surface area contributed by atoms with Gasteiger partial charge in [-0.1, -0.05) is 12.1 Å². The molecule has 2 aromatic carbocycles. The fourth-order valence-corrected chi connectivity index (χ4v) is 2.09. The van der Waals surface area contributed by atoms with Gasteiger partial charge in [0, 0.05) is 23.9 Å². The Morgan fingerprint density at radius 3 is 1.83 bits per heavy atom. The van der Waals surface area contributed by atoms with E-state index >= 15 is 0 Å². The molecule has 0 saturated heterocycles. The highest BCUT2D eigenvalue weighted by atomic mass is 16.2.